The van der Waals surface area contributed by atoms with Crippen molar-refractivity contribution in [3.63, 3.8) is 0 Å². The second kappa shape index (κ2) is 4.60. The monoisotopic (exact) mass is 250 g/mol. The Balaban J connectivity index is 1.61. The van der Waals surface area contributed by atoms with Crippen LogP contribution in [0.25, 0.3) is 0 Å². The molecule has 1 aromatic rings. The van der Waals surface area contributed by atoms with Gasteiger partial charge in [0, 0.05) is 11.4 Å². The Labute approximate surface area is 108 Å². The van der Waals surface area contributed by atoms with E-state index >= 15 is 0 Å². The summed E-state index contributed by atoms with van der Waals surface area (Å²) in [4.78, 5) is 4.61. The number of nitrogens with one attached hydrogen (secondary N) is 1. The standard InChI is InChI=1S/C14H22N2S/c1-3-12-8-17-14(16-12)15-9(2)13-7-10-4-5-11(13)6-10/h8-11,13H,3-7H2,1-2H3,(H,15,16). The molecular formula is C14H22N2S. The Morgan fingerprint density at radius 3 is 2.94 bits per heavy atom. The molecule has 0 aromatic carbocycles. The fourth-order valence-corrected chi connectivity index (χ4v) is 4.63. The van der Waals surface area contributed by atoms with E-state index in [1.165, 1.54) is 31.4 Å². The predicted molar refractivity (Wildman–Crippen MR) is 73.5 cm³/mol. The number of hydrogen-bond donors (Lipinski definition) is 1. The third-order valence-corrected chi connectivity index (χ3v) is 5.52. The highest BCUT2D eigenvalue weighted by atomic mass is 32.1. The third kappa shape index (κ3) is 2.22. The quantitative estimate of drug-likeness (QED) is 0.875. The molecule has 3 heteroatoms. The van der Waals surface area contributed by atoms with Crippen molar-refractivity contribution >= 4 is 16.5 Å². The van der Waals surface area contributed by atoms with Gasteiger partial charge in [0.25, 0.3) is 0 Å². The smallest absolute Gasteiger partial charge is 0.183 e. The van der Waals surface area contributed by atoms with Crippen molar-refractivity contribution < 1.29 is 0 Å². The van der Waals surface area contributed by atoms with Crippen molar-refractivity contribution in [1.82, 2.24) is 4.98 Å². The molecule has 0 radical (unpaired) electrons. The first-order valence-corrected chi connectivity index (χ1v) is 7.85. The van der Waals surface area contributed by atoms with Crippen molar-refractivity contribution in [2.45, 2.75) is 52.0 Å². The van der Waals surface area contributed by atoms with Crippen molar-refractivity contribution in [1.29, 1.82) is 0 Å². The second-order valence-corrected chi connectivity index (χ2v) is 6.63. The molecule has 2 nitrogen and oxygen atoms in total. The van der Waals surface area contributed by atoms with Crippen molar-refractivity contribution in [2.24, 2.45) is 17.8 Å². The average molecular weight is 250 g/mol. The molecule has 1 heterocycles. The molecule has 2 aliphatic rings. The summed E-state index contributed by atoms with van der Waals surface area (Å²) in [6.45, 7) is 4.51. The molecule has 0 spiro atoms. The molecular weight excluding hydrogens is 228 g/mol. The Morgan fingerprint density at radius 1 is 1.47 bits per heavy atom. The minimum Gasteiger partial charge on any atom is -0.359 e. The first kappa shape index (κ1) is 11.5. The lowest BCUT2D eigenvalue weighted by Crippen LogP contribution is -2.29. The van der Waals surface area contributed by atoms with Crippen molar-refractivity contribution in [2.75, 3.05) is 5.32 Å². The highest BCUT2D eigenvalue weighted by Gasteiger charge is 2.41. The van der Waals surface area contributed by atoms with Crippen molar-refractivity contribution in [3.05, 3.63) is 11.1 Å². The van der Waals surface area contributed by atoms with Gasteiger partial charge in [-0.05, 0) is 50.4 Å². The summed E-state index contributed by atoms with van der Waals surface area (Å²) < 4.78 is 0. The van der Waals surface area contributed by atoms with Crippen LogP contribution in [0.5, 0.6) is 0 Å². The normalized spacial score (nSPS) is 32.9. The molecule has 3 rings (SSSR count). The number of rotatable bonds is 4. The zero-order valence-corrected chi connectivity index (χ0v) is 11.6. The van der Waals surface area contributed by atoms with Crippen LogP contribution in [0.2, 0.25) is 0 Å². The Bertz CT molecular complexity index is 387. The SMILES string of the molecule is CCc1csc(NC(C)C2CC3CCC2C3)n1. The lowest BCUT2D eigenvalue weighted by Gasteiger charge is -2.28. The molecule has 4 atom stereocenters. The van der Waals surface area contributed by atoms with Gasteiger partial charge in [0.1, 0.15) is 0 Å². The molecule has 2 fully saturated rings. The molecule has 17 heavy (non-hydrogen) atoms. The molecule has 1 aromatic heterocycles. The van der Waals surface area contributed by atoms with Crippen LogP contribution < -0.4 is 5.32 Å². The third-order valence-electron chi connectivity index (χ3n) is 4.70. The summed E-state index contributed by atoms with van der Waals surface area (Å²) in [5.74, 6) is 2.92. The maximum atomic E-state index is 4.61. The van der Waals surface area contributed by atoms with Crippen LogP contribution in [0.1, 0.15) is 45.2 Å². The molecule has 1 N–H and O–H groups in total. The van der Waals surface area contributed by atoms with Gasteiger partial charge in [-0.1, -0.05) is 13.3 Å². The highest BCUT2D eigenvalue weighted by Crippen LogP contribution is 2.49. The van der Waals surface area contributed by atoms with Crippen LogP contribution in [-0.2, 0) is 6.42 Å². The van der Waals surface area contributed by atoms with E-state index in [2.05, 4.69) is 29.5 Å². The largest absolute Gasteiger partial charge is 0.359 e. The van der Waals surface area contributed by atoms with E-state index in [4.69, 9.17) is 0 Å². The molecule has 2 saturated carbocycles. The van der Waals surface area contributed by atoms with Crippen molar-refractivity contribution in [3.8, 4) is 0 Å². The van der Waals surface area contributed by atoms with E-state index in [1.807, 2.05) is 0 Å². The lowest BCUT2D eigenvalue weighted by atomic mass is 9.84. The van der Waals surface area contributed by atoms with E-state index in [9.17, 15) is 0 Å². The molecule has 0 aliphatic heterocycles. The average Bonchev–Trinajstić information content (AvgIpc) is 3.04. The molecule has 2 bridgehead atoms. The summed E-state index contributed by atoms with van der Waals surface area (Å²) in [5.41, 5.74) is 1.22. The van der Waals surface area contributed by atoms with E-state index < -0.39 is 0 Å². The number of thiazole rings is 1. The summed E-state index contributed by atoms with van der Waals surface area (Å²) >= 11 is 1.76. The number of nitrogens with zero attached hydrogens (tertiary/aromatic N) is 1. The van der Waals surface area contributed by atoms with Crippen LogP contribution in [0.4, 0.5) is 5.13 Å². The molecule has 0 saturated heterocycles. The maximum Gasteiger partial charge on any atom is 0.183 e. The van der Waals surface area contributed by atoms with Crippen LogP contribution in [0.3, 0.4) is 0 Å². The maximum absolute atomic E-state index is 4.61. The van der Waals surface area contributed by atoms with Crippen LogP contribution in [0, 0.1) is 17.8 Å². The Kier molecular flexibility index (Phi) is 3.12. The van der Waals surface area contributed by atoms with Gasteiger partial charge in [0.05, 0.1) is 5.69 Å². The van der Waals surface area contributed by atoms with Crippen LogP contribution in [0.15, 0.2) is 5.38 Å². The predicted octanol–water partition coefficient (Wildman–Crippen LogP) is 3.94. The summed E-state index contributed by atoms with van der Waals surface area (Å²) in [7, 11) is 0. The number of hydrogen-bond acceptors (Lipinski definition) is 3. The summed E-state index contributed by atoms with van der Waals surface area (Å²) in [5, 5.41) is 6.93. The molecule has 2 aliphatic carbocycles. The van der Waals surface area contributed by atoms with E-state index in [-0.39, 0.29) is 0 Å². The van der Waals surface area contributed by atoms with Gasteiger partial charge >= 0.3 is 0 Å². The fourth-order valence-electron chi connectivity index (χ4n) is 3.74. The van der Waals surface area contributed by atoms with Gasteiger partial charge in [-0.2, -0.15) is 0 Å². The molecule has 4 unspecified atom stereocenters. The van der Waals surface area contributed by atoms with Gasteiger partial charge < -0.3 is 5.32 Å². The number of aromatic nitrogens is 1. The number of aryl methyl sites for hydroxylation is 1. The number of anilines is 1. The topological polar surface area (TPSA) is 24.9 Å². The van der Waals surface area contributed by atoms with Gasteiger partial charge in [-0.15, -0.1) is 11.3 Å². The first-order valence-electron chi connectivity index (χ1n) is 6.97. The Hall–Kier alpha value is -0.570. The van der Waals surface area contributed by atoms with E-state index in [0.29, 0.717) is 6.04 Å². The highest BCUT2D eigenvalue weighted by molar-refractivity contribution is 7.13. The fraction of sp³-hybridized carbons (Fsp3) is 0.786. The van der Waals surface area contributed by atoms with Gasteiger partial charge in [-0.3, -0.25) is 0 Å². The van der Waals surface area contributed by atoms with Crippen LogP contribution >= 0.6 is 11.3 Å². The van der Waals surface area contributed by atoms with E-state index in [1.54, 1.807) is 11.3 Å². The van der Waals surface area contributed by atoms with Gasteiger partial charge in [0.15, 0.2) is 5.13 Å². The van der Waals surface area contributed by atoms with E-state index in [0.717, 1.165) is 29.3 Å². The zero-order chi connectivity index (χ0) is 11.8. The zero-order valence-electron chi connectivity index (χ0n) is 10.8. The summed E-state index contributed by atoms with van der Waals surface area (Å²) in [6.07, 6.45) is 6.95. The molecule has 94 valence electrons. The second-order valence-electron chi connectivity index (χ2n) is 5.77. The summed E-state index contributed by atoms with van der Waals surface area (Å²) in [6, 6.07) is 0.598. The Morgan fingerprint density at radius 2 is 2.35 bits per heavy atom. The lowest BCUT2D eigenvalue weighted by molar-refractivity contribution is 0.304. The minimum atomic E-state index is 0.598. The number of fused-ring (bicyclic) bond motifs is 2. The minimum absolute atomic E-state index is 0.598. The van der Waals surface area contributed by atoms with Gasteiger partial charge in [0.2, 0.25) is 0 Å². The first-order chi connectivity index (χ1) is 8.26. The van der Waals surface area contributed by atoms with Crippen LogP contribution in [-0.4, -0.2) is 11.0 Å². The molecule has 0 amide bonds. The van der Waals surface area contributed by atoms with Gasteiger partial charge in [-0.25, -0.2) is 4.98 Å².